The van der Waals surface area contributed by atoms with E-state index < -0.39 is 0 Å². The van der Waals surface area contributed by atoms with E-state index in [2.05, 4.69) is 18.8 Å². The molecule has 0 unspecified atom stereocenters. The van der Waals surface area contributed by atoms with Gasteiger partial charge in [0.25, 0.3) is 0 Å². The predicted octanol–water partition coefficient (Wildman–Crippen LogP) is 1.93. The number of pyridine rings is 1. The molecular weight excluding hydrogens is 164 g/mol. The summed E-state index contributed by atoms with van der Waals surface area (Å²) < 4.78 is 1.97. The third-order valence-corrected chi connectivity index (χ3v) is 1.30. The van der Waals surface area contributed by atoms with Gasteiger partial charge in [-0.2, -0.15) is 0 Å². The molecule has 2 rings (SSSR count). The second-order valence-corrected chi connectivity index (χ2v) is 2.60. The maximum Gasteiger partial charge on any atom is 0.136 e. The molecule has 0 saturated carbocycles. The number of hydrogen-bond acceptors (Lipinski definition) is 1. The maximum absolute atomic E-state index is 4.08. The highest BCUT2D eigenvalue weighted by Crippen LogP contribution is 1.96. The van der Waals surface area contributed by atoms with E-state index >= 15 is 0 Å². The Balaban J connectivity index is 0.000000324. The van der Waals surface area contributed by atoms with Gasteiger partial charge in [-0.05, 0) is 12.1 Å². The summed E-state index contributed by atoms with van der Waals surface area (Å²) in [7, 11) is 0. The van der Waals surface area contributed by atoms with Crippen LogP contribution in [-0.4, -0.2) is 14.9 Å². The van der Waals surface area contributed by atoms with Gasteiger partial charge in [-0.25, -0.2) is 4.98 Å². The molecule has 0 spiro atoms. The fraction of sp³-hybridized carbons (Fsp3) is 0.300. The van der Waals surface area contributed by atoms with Crippen LogP contribution >= 0.6 is 0 Å². The first-order valence-electron chi connectivity index (χ1n) is 4.26. The van der Waals surface area contributed by atoms with Crippen LogP contribution in [0.2, 0.25) is 0 Å². The van der Waals surface area contributed by atoms with Crippen LogP contribution < -0.4 is 0 Å². The zero-order valence-electron chi connectivity index (χ0n) is 8.07. The lowest BCUT2D eigenvalue weighted by Crippen LogP contribution is -1.77. The topological polar surface area (TPSA) is 48.8 Å². The summed E-state index contributed by atoms with van der Waals surface area (Å²) in [6, 6.07) is 5.93. The zero-order valence-corrected chi connectivity index (χ0v) is 8.07. The second kappa shape index (κ2) is 6.20. The van der Waals surface area contributed by atoms with Gasteiger partial charge in [0.15, 0.2) is 0 Å². The SMILES string of the molecule is CCC.O.c1ccn2ccnc2c1. The Morgan fingerprint density at radius 1 is 1.23 bits per heavy atom. The number of aromatic nitrogens is 2. The molecule has 0 aliphatic rings. The van der Waals surface area contributed by atoms with E-state index in [0.717, 1.165) is 5.65 Å². The standard InChI is InChI=1S/C7H6N2.C3H8.H2O/c1-2-5-9-6-4-8-7(9)3-1;1-3-2;/h1-6H;3H2,1-2H3;1H2. The lowest BCUT2D eigenvalue weighted by Gasteiger charge is -1.86. The van der Waals surface area contributed by atoms with Crippen LogP contribution in [0, 0.1) is 0 Å². The number of nitrogens with zero attached hydrogens (tertiary/aromatic N) is 2. The van der Waals surface area contributed by atoms with Crippen LogP contribution in [0.4, 0.5) is 0 Å². The van der Waals surface area contributed by atoms with Crippen molar-refractivity contribution in [3.05, 3.63) is 36.8 Å². The van der Waals surface area contributed by atoms with E-state index in [-0.39, 0.29) is 5.48 Å². The first-order chi connectivity index (χ1) is 5.88. The molecule has 0 atom stereocenters. The van der Waals surface area contributed by atoms with E-state index in [9.17, 15) is 0 Å². The van der Waals surface area contributed by atoms with Gasteiger partial charge in [0.05, 0.1) is 0 Å². The van der Waals surface area contributed by atoms with Crippen LogP contribution in [0.1, 0.15) is 20.3 Å². The normalized spacial score (nSPS) is 8.46. The summed E-state index contributed by atoms with van der Waals surface area (Å²) in [6.07, 6.45) is 6.94. The van der Waals surface area contributed by atoms with Crippen LogP contribution in [0.15, 0.2) is 36.8 Å². The molecule has 3 heteroatoms. The molecule has 2 heterocycles. The van der Waals surface area contributed by atoms with E-state index in [1.165, 1.54) is 6.42 Å². The van der Waals surface area contributed by atoms with Gasteiger partial charge < -0.3 is 9.88 Å². The van der Waals surface area contributed by atoms with Crippen molar-refractivity contribution in [1.82, 2.24) is 9.38 Å². The molecule has 0 aliphatic heterocycles. The minimum Gasteiger partial charge on any atom is -0.412 e. The molecule has 0 bridgehead atoms. The van der Waals surface area contributed by atoms with Crippen molar-refractivity contribution < 1.29 is 5.48 Å². The van der Waals surface area contributed by atoms with Crippen molar-refractivity contribution in [3.63, 3.8) is 0 Å². The van der Waals surface area contributed by atoms with Crippen molar-refractivity contribution in [2.24, 2.45) is 0 Å². The molecule has 2 aromatic heterocycles. The summed E-state index contributed by atoms with van der Waals surface area (Å²) in [5.74, 6) is 0. The largest absolute Gasteiger partial charge is 0.412 e. The molecule has 0 amide bonds. The second-order valence-electron chi connectivity index (χ2n) is 2.60. The highest BCUT2D eigenvalue weighted by atomic mass is 16.0. The molecule has 0 aromatic carbocycles. The quantitative estimate of drug-likeness (QED) is 0.611. The Bertz CT molecular complexity index is 300. The summed E-state index contributed by atoms with van der Waals surface area (Å²) in [5.41, 5.74) is 0.998. The van der Waals surface area contributed by atoms with Gasteiger partial charge >= 0.3 is 0 Å². The van der Waals surface area contributed by atoms with Crippen molar-refractivity contribution in [2.45, 2.75) is 20.3 Å². The fourth-order valence-corrected chi connectivity index (χ4v) is 0.864. The molecular formula is C10H16N2O. The minimum atomic E-state index is 0. The Kier molecular flexibility index (Phi) is 5.55. The van der Waals surface area contributed by atoms with Crippen LogP contribution in [-0.2, 0) is 0 Å². The van der Waals surface area contributed by atoms with E-state index in [4.69, 9.17) is 0 Å². The van der Waals surface area contributed by atoms with E-state index in [1.807, 2.05) is 35.0 Å². The zero-order chi connectivity index (χ0) is 8.81. The lowest BCUT2D eigenvalue weighted by atomic mass is 10.5. The molecule has 0 saturated heterocycles. The molecule has 2 aromatic rings. The smallest absolute Gasteiger partial charge is 0.136 e. The monoisotopic (exact) mass is 180 g/mol. The van der Waals surface area contributed by atoms with Gasteiger partial charge in [0.1, 0.15) is 5.65 Å². The molecule has 0 fully saturated rings. The molecule has 13 heavy (non-hydrogen) atoms. The number of rotatable bonds is 0. The average molecular weight is 180 g/mol. The predicted molar refractivity (Wildman–Crippen MR) is 54.8 cm³/mol. The summed E-state index contributed by atoms with van der Waals surface area (Å²) in [5, 5.41) is 0. The van der Waals surface area contributed by atoms with Gasteiger partial charge in [0.2, 0.25) is 0 Å². The Morgan fingerprint density at radius 3 is 2.54 bits per heavy atom. The molecule has 0 radical (unpaired) electrons. The maximum atomic E-state index is 4.08. The van der Waals surface area contributed by atoms with E-state index in [1.54, 1.807) is 6.20 Å². The van der Waals surface area contributed by atoms with Crippen molar-refractivity contribution in [3.8, 4) is 0 Å². The minimum absolute atomic E-state index is 0. The third kappa shape index (κ3) is 3.25. The van der Waals surface area contributed by atoms with Crippen molar-refractivity contribution in [2.75, 3.05) is 0 Å². The van der Waals surface area contributed by atoms with Crippen molar-refractivity contribution >= 4 is 5.65 Å². The molecule has 72 valence electrons. The van der Waals surface area contributed by atoms with Crippen LogP contribution in [0.3, 0.4) is 0 Å². The third-order valence-electron chi connectivity index (χ3n) is 1.30. The van der Waals surface area contributed by atoms with Crippen molar-refractivity contribution in [1.29, 1.82) is 0 Å². The van der Waals surface area contributed by atoms with Gasteiger partial charge in [0, 0.05) is 18.6 Å². The summed E-state index contributed by atoms with van der Waals surface area (Å²) in [6.45, 7) is 4.25. The number of hydrogen-bond donors (Lipinski definition) is 0. The summed E-state index contributed by atoms with van der Waals surface area (Å²) >= 11 is 0. The van der Waals surface area contributed by atoms with Crippen LogP contribution in [0.5, 0.6) is 0 Å². The highest BCUT2D eigenvalue weighted by molar-refractivity contribution is 5.36. The van der Waals surface area contributed by atoms with Crippen LogP contribution in [0.25, 0.3) is 5.65 Å². The molecule has 0 aliphatic carbocycles. The Labute approximate surface area is 78.4 Å². The first-order valence-corrected chi connectivity index (χ1v) is 4.26. The molecule has 2 N–H and O–H groups in total. The Hall–Kier alpha value is -1.35. The number of fused-ring (bicyclic) bond motifs is 1. The lowest BCUT2D eigenvalue weighted by molar-refractivity contribution is 0.824. The summed E-state index contributed by atoms with van der Waals surface area (Å²) in [4.78, 5) is 4.08. The van der Waals surface area contributed by atoms with Gasteiger partial charge in [-0.1, -0.05) is 26.3 Å². The first kappa shape index (κ1) is 11.6. The number of imidazole rings is 1. The average Bonchev–Trinajstić information content (AvgIpc) is 2.52. The Morgan fingerprint density at radius 2 is 1.92 bits per heavy atom. The van der Waals surface area contributed by atoms with Gasteiger partial charge in [-0.15, -0.1) is 0 Å². The molecule has 3 nitrogen and oxygen atoms in total. The van der Waals surface area contributed by atoms with Gasteiger partial charge in [-0.3, -0.25) is 0 Å². The van der Waals surface area contributed by atoms with E-state index in [0.29, 0.717) is 0 Å². The fourth-order valence-electron chi connectivity index (χ4n) is 0.864. The highest BCUT2D eigenvalue weighted by Gasteiger charge is 1.85.